The van der Waals surface area contributed by atoms with Gasteiger partial charge in [0.2, 0.25) is 0 Å². The van der Waals surface area contributed by atoms with Gasteiger partial charge in [0.05, 0.1) is 17.7 Å². The summed E-state index contributed by atoms with van der Waals surface area (Å²) in [5, 5.41) is 0. The molecule has 0 radical (unpaired) electrons. The molecular formula is C14H9F6NO. The topological polar surface area (TPSA) is 22.0 Å². The molecule has 0 atom stereocenters. The van der Waals surface area contributed by atoms with E-state index < -0.39 is 29.0 Å². The molecule has 1 heterocycles. The van der Waals surface area contributed by atoms with E-state index in [1.165, 1.54) is 6.07 Å². The van der Waals surface area contributed by atoms with Gasteiger partial charge in [-0.2, -0.15) is 26.3 Å². The summed E-state index contributed by atoms with van der Waals surface area (Å²) >= 11 is 0. The number of benzene rings is 1. The van der Waals surface area contributed by atoms with Gasteiger partial charge in [0.25, 0.3) is 5.56 Å². The molecule has 0 amide bonds. The fraction of sp³-hybridized carbons (Fsp3) is 0.214. The molecule has 22 heavy (non-hydrogen) atoms. The molecule has 0 N–H and O–H groups in total. The predicted molar refractivity (Wildman–Crippen MR) is 66.3 cm³/mol. The summed E-state index contributed by atoms with van der Waals surface area (Å²) in [5.41, 5.74) is -2.62. The molecule has 1 aromatic heterocycles. The molecule has 0 unspecified atom stereocenters. The lowest BCUT2D eigenvalue weighted by atomic mass is 10.1. The Morgan fingerprint density at radius 1 is 0.864 bits per heavy atom. The van der Waals surface area contributed by atoms with Crippen molar-refractivity contribution in [2.24, 2.45) is 0 Å². The minimum absolute atomic E-state index is 0.0799. The number of hydrogen-bond acceptors (Lipinski definition) is 1. The molecule has 2 rings (SSSR count). The molecule has 0 aliphatic heterocycles. The monoisotopic (exact) mass is 321 g/mol. The molecule has 0 fully saturated rings. The van der Waals surface area contributed by atoms with E-state index in [9.17, 15) is 31.1 Å². The molecule has 2 nitrogen and oxygen atoms in total. The van der Waals surface area contributed by atoms with E-state index >= 15 is 0 Å². The third-order valence-corrected chi connectivity index (χ3v) is 2.92. The highest BCUT2D eigenvalue weighted by Crippen LogP contribution is 2.30. The van der Waals surface area contributed by atoms with E-state index in [1.807, 2.05) is 0 Å². The number of halogens is 6. The van der Waals surface area contributed by atoms with Crippen molar-refractivity contribution < 1.29 is 26.3 Å². The Hall–Kier alpha value is -2.25. The highest BCUT2D eigenvalue weighted by molar-refractivity contribution is 5.26. The lowest BCUT2D eigenvalue weighted by Crippen LogP contribution is -2.22. The van der Waals surface area contributed by atoms with Gasteiger partial charge in [0.15, 0.2) is 0 Å². The Kier molecular flexibility index (Phi) is 4.04. The number of hydrogen-bond donors (Lipinski definition) is 0. The van der Waals surface area contributed by atoms with E-state index in [0.29, 0.717) is 12.3 Å². The fourth-order valence-corrected chi connectivity index (χ4v) is 1.87. The van der Waals surface area contributed by atoms with E-state index in [-0.39, 0.29) is 12.1 Å². The Labute approximate surface area is 120 Å². The van der Waals surface area contributed by atoms with Crippen molar-refractivity contribution in [1.82, 2.24) is 4.57 Å². The first-order valence-corrected chi connectivity index (χ1v) is 6.01. The van der Waals surface area contributed by atoms with Crippen LogP contribution >= 0.6 is 0 Å². The Balaban J connectivity index is 2.37. The third kappa shape index (κ3) is 3.69. The van der Waals surface area contributed by atoms with E-state index in [1.54, 1.807) is 0 Å². The van der Waals surface area contributed by atoms with Crippen molar-refractivity contribution in [3.8, 4) is 0 Å². The molecule has 2 aromatic rings. The Bertz CT molecular complexity index is 729. The first-order chi connectivity index (χ1) is 10.1. The zero-order chi connectivity index (χ0) is 16.5. The highest BCUT2D eigenvalue weighted by atomic mass is 19.4. The standard InChI is InChI=1S/C14H9F6NO/c15-13(16,17)10-3-1-2-9(6-10)7-21-8-11(14(18,19)20)4-5-12(21)22/h1-6,8H,7H2. The number of aromatic nitrogens is 1. The molecule has 0 aliphatic rings. The second kappa shape index (κ2) is 5.51. The summed E-state index contributed by atoms with van der Waals surface area (Å²) < 4.78 is 76.3. The van der Waals surface area contributed by atoms with Crippen LogP contribution < -0.4 is 5.56 Å². The van der Waals surface area contributed by atoms with Crippen molar-refractivity contribution in [3.05, 3.63) is 69.6 Å². The summed E-state index contributed by atoms with van der Waals surface area (Å²) in [6.07, 6.45) is -8.61. The van der Waals surface area contributed by atoms with Crippen LogP contribution in [0.15, 0.2) is 47.4 Å². The van der Waals surface area contributed by atoms with Crippen LogP contribution in [0.4, 0.5) is 26.3 Å². The molecule has 0 spiro atoms. The molecule has 0 saturated heterocycles. The van der Waals surface area contributed by atoms with Crippen LogP contribution in [0.2, 0.25) is 0 Å². The maximum atomic E-state index is 12.6. The minimum Gasteiger partial charge on any atom is -0.311 e. The summed E-state index contributed by atoms with van der Waals surface area (Å²) in [6.45, 7) is -0.382. The van der Waals surface area contributed by atoms with Crippen LogP contribution in [0.25, 0.3) is 0 Å². The smallest absolute Gasteiger partial charge is 0.311 e. The number of rotatable bonds is 2. The normalized spacial score (nSPS) is 12.5. The lowest BCUT2D eigenvalue weighted by Gasteiger charge is -2.12. The second-order valence-corrected chi connectivity index (χ2v) is 4.58. The molecule has 1 aromatic carbocycles. The second-order valence-electron chi connectivity index (χ2n) is 4.58. The lowest BCUT2D eigenvalue weighted by molar-refractivity contribution is -0.138. The molecule has 0 aliphatic carbocycles. The summed E-state index contributed by atoms with van der Waals surface area (Å²) in [6, 6.07) is 5.45. The molecular weight excluding hydrogens is 312 g/mol. The first-order valence-electron chi connectivity index (χ1n) is 6.01. The first kappa shape index (κ1) is 16.1. The number of nitrogens with zero attached hydrogens (tertiary/aromatic N) is 1. The van der Waals surface area contributed by atoms with Crippen LogP contribution in [0.1, 0.15) is 16.7 Å². The Morgan fingerprint density at radius 3 is 2.09 bits per heavy atom. The number of alkyl halides is 6. The van der Waals surface area contributed by atoms with Crippen LogP contribution in [-0.2, 0) is 18.9 Å². The molecule has 8 heteroatoms. The zero-order valence-corrected chi connectivity index (χ0v) is 10.9. The van der Waals surface area contributed by atoms with Crippen LogP contribution in [0, 0.1) is 0 Å². The van der Waals surface area contributed by atoms with Crippen LogP contribution in [-0.4, -0.2) is 4.57 Å². The summed E-state index contributed by atoms with van der Waals surface area (Å²) in [4.78, 5) is 11.6. The minimum atomic E-state index is -4.64. The fourth-order valence-electron chi connectivity index (χ4n) is 1.87. The molecule has 118 valence electrons. The van der Waals surface area contributed by atoms with Gasteiger partial charge in [0.1, 0.15) is 0 Å². The van der Waals surface area contributed by atoms with Crippen molar-refractivity contribution >= 4 is 0 Å². The van der Waals surface area contributed by atoms with Crippen molar-refractivity contribution in [1.29, 1.82) is 0 Å². The Morgan fingerprint density at radius 2 is 1.50 bits per heavy atom. The molecule has 0 bridgehead atoms. The van der Waals surface area contributed by atoms with Gasteiger partial charge in [-0.1, -0.05) is 12.1 Å². The number of pyridine rings is 1. The highest BCUT2D eigenvalue weighted by Gasteiger charge is 2.32. The van der Waals surface area contributed by atoms with Gasteiger partial charge >= 0.3 is 12.4 Å². The van der Waals surface area contributed by atoms with Gasteiger partial charge in [-0.15, -0.1) is 0 Å². The summed E-state index contributed by atoms with van der Waals surface area (Å²) in [7, 11) is 0. The van der Waals surface area contributed by atoms with Gasteiger partial charge in [-0.3, -0.25) is 4.79 Å². The molecule has 0 saturated carbocycles. The van der Waals surface area contributed by atoms with Crippen molar-refractivity contribution in [3.63, 3.8) is 0 Å². The van der Waals surface area contributed by atoms with Gasteiger partial charge < -0.3 is 4.57 Å². The van der Waals surface area contributed by atoms with E-state index in [4.69, 9.17) is 0 Å². The maximum absolute atomic E-state index is 12.6. The predicted octanol–water partition coefficient (Wildman–Crippen LogP) is 3.93. The van der Waals surface area contributed by atoms with E-state index in [2.05, 4.69) is 0 Å². The third-order valence-electron chi connectivity index (χ3n) is 2.92. The summed E-state index contributed by atoms with van der Waals surface area (Å²) in [5.74, 6) is 0. The SMILES string of the molecule is O=c1ccc(C(F)(F)F)cn1Cc1cccc(C(F)(F)F)c1. The van der Waals surface area contributed by atoms with Crippen LogP contribution in [0.5, 0.6) is 0 Å². The largest absolute Gasteiger partial charge is 0.417 e. The van der Waals surface area contributed by atoms with E-state index in [0.717, 1.165) is 28.8 Å². The average Bonchev–Trinajstić information content (AvgIpc) is 2.39. The quantitative estimate of drug-likeness (QED) is 0.768. The maximum Gasteiger partial charge on any atom is 0.417 e. The van der Waals surface area contributed by atoms with Crippen molar-refractivity contribution in [2.75, 3.05) is 0 Å². The van der Waals surface area contributed by atoms with Crippen molar-refractivity contribution in [2.45, 2.75) is 18.9 Å². The van der Waals surface area contributed by atoms with Gasteiger partial charge in [-0.05, 0) is 23.8 Å². The van der Waals surface area contributed by atoms with Crippen LogP contribution in [0.3, 0.4) is 0 Å². The van der Waals surface area contributed by atoms with Gasteiger partial charge in [0, 0.05) is 12.3 Å². The average molecular weight is 321 g/mol. The zero-order valence-electron chi connectivity index (χ0n) is 10.9. The van der Waals surface area contributed by atoms with Gasteiger partial charge in [-0.25, -0.2) is 0 Å².